The molecule has 0 fully saturated rings. The minimum Gasteiger partial charge on any atom is -0.492 e. The molecule has 0 spiro atoms. The quantitative estimate of drug-likeness (QED) is 0.634. The zero-order valence-electron chi connectivity index (χ0n) is 14.9. The molecule has 0 heterocycles. The first-order chi connectivity index (χ1) is 12.3. The van der Waals surface area contributed by atoms with Crippen LogP contribution in [0.4, 0.5) is 5.69 Å². The normalized spacial score (nSPS) is 11.7. The van der Waals surface area contributed by atoms with Gasteiger partial charge in [0.2, 0.25) is 10.0 Å². The maximum Gasteiger partial charge on any atom is 0.240 e. The summed E-state index contributed by atoms with van der Waals surface area (Å²) in [7, 11) is 0.356. The first-order valence-electron chi connectivity index (χ1n) is 8.19. The molecule has 26 heavy (non-hydrogen) atoms. The predicted molar refractivity (Wildman–Crippen MR) is 105 cm³/mol. The van der Waals surface area contributed by atoms with Gasteiger partial charge in [0.25, 0.3) is 0 Å². The van der Waals surface area contributed by atoms with Crippen molar-refractivity contribution >= 4 is 27.3 Å². The van der Waals surface area contributed by atoms with Gasteiger partial charge in [0, 0.05) is 23.8 Å². The monoisotopic (exact) mass is 397 g/mol. The van der Waals surface area contributed by atoms with E-state index in [1.807, 2.05) is 25.1 Å². The number of likely N-dealkylation sites (N-methyl/N-ethyl adjacent to an activating group) is 1. The van der Waals surface area contributed by atoms with E-state index in [4.69, 9.17) is 22.1 Å². The number of ether oxygens (including phenoxy) is 1. The zero-order valence-corrected chi connectivity index (χ0v) is 16.5. The van der Waals surface area contributed by atoms with E-state index in [0.717, 1.165) is 12.1 Å². The average Bonchev–Trinajstić information content (AvgIpc) is 2.56. The van der Waals surface area contributed by atoms with Gasteiger partial charge in [-0.05, 0) is 68.5 Å². The average molecular weight is 398 g/mol. The molecular weight excluding hydrogens is 374 g/mol. The third kappa shape index (κ3) is 6.17. The molecule has 0 aliphatic carbocycles. The number of halogens is 1. The van der Waals surface area contributed by atoms with Gasteiger partial charge in [-0.2, -0.15) is 0 Å². The Bertz CT molecular complexity index is 824. The summed E-state index contributed by atoms with van der Waals surface area (Å²) in [4.78, 5) is 2.20. The highest BCUT2D eigenvalue weighted by atomic mass is 35.5. The lowest BCUT2D eigenvalue weighted by molar-refractivity contribution is 0.259. The zero-order chi connectivity index (χ0) is 19.2. The van der Waals surface area contributed by atoms with Crippen LogP contribution in [0.25, 0.3) is 0 Å². The van der Waals surface area contributed by atoms with E-state index >= 15 is 0 Å². The highest BCUT2D eigenvalue weighted by Crippen LogP contribution is 2.23. The van der Waals surface area contributed by atoms with Crippen molar-refractivity contribution in [2.24, 2.45) is 0 Å². The van der Waals surface area contributed by atoms with Crippen molar-refractivity contribution in [3.8, 4) is 5.75 Å². The molecule has 0 atom stereocenters. The fraction of sp³-hybridized carbons (Fsp3) is 0.333. The summed E-state index contributed by atoms with van der Waals surface area (Å²) in [5.41, 5.74) is 6.96. The van der Waals surface area contributed by atoms with Gasteiger partial charge in [-0.1, -0.05) is 11.6 Å². The Morgan fingerprint density at radius 2 is 1.85 bits per heavy atom. The first-order valence-corrected chi connectivity index (χ1v) is 10.1. The van der Waals surface area contributed by atoms with Gasteiger partial charge in [-0.25, -0.2) is 13.1 Å². The smallest absolute Gasteiger partial charge is 0.240 e. The number of anilines is 1. The van der Waals surface area contributed by atoms with Crippen LogP contribution < -0.4 is 15.2 Å². The largest absolute Gasteiger partial charge is 0.492 e. The number of nitrogens with zero attached hydrogens (tertiary/aromatic N) is 1. The molecule has 0 amide bonds. The van der Waals surface area contributed by atoms with Gasteiger partial charge in [0.1, 0.15) is 12.4 Å². The maximum absolute atomic E-state index is 12.3. The summed E-state index contributed by atoms with van der Waals surface area (Å²) in [6, 6.07) is 11.4. The fourth-order valence-electron chi connectivity index (χ4n) is 2.27. The Morgan fingerprint density at radius 1 is 1.15 bits per heavy atom. The molecule has 0 saturated carbocycles. The maximum atomic E-state index is 12.3. The SMILES string of the molecule is CN(C)CCOc1ccc(Cl)cc1CCNS(=O)(=O)c1ccc(N)cc1. The predicted octanol–water partition coefficient (Wildman–Crippen LogP) is 2.38. The number of rotatable bonds is 9. The van der Waals surface area contributed by atoms with Crippen LogP contribution in [0.15, 0.2) is 47.4 Å². The van der Waals surface area contributed by atoms with Crippen LogP contribution in [0.5, 0.6) is 5.75 Å². The molecule has 0 radical (unpaired) electrons. The van der Waals surface area contributed by atoms with E-state index in [-0.39, 0.29) is 11.4 Å². The Balaban J connectivity index is 1.99. The molecule has 0 aromatic heterocycles. The number of nitrogen functional groups attached to an aromatic ring is 1. The molecule has 2 rings (SSSR count). The van der Waals surface area contributed by atoms with Gasteiger partial charge >= 0.3 is 0 Å². The van der Waals surface area contributed by atoms with Gasteiger partial charge < -0.3 is 15.4 Å². The lowest BCUT2D eigenvalue weighted by atomic mass is 10.1. The molecule has 2 aromatic carbocycles. The topological polar surface area (TPSA) is 84.7 Å². The van der Waals surface area contributed by atoms with E-state index < -0.39 is 10.0 Å². The summed E-state index contributed by atoms with van der Waals surface area (Å²) in [5, 5.41) is 0.585. The number of benzene rings is 2. The molecule has 0 unspecified atom stereocenters. The first kappa shape index (κ1) is 20.5. The Kier molecular flexibility index (Phi) is 7.28. The number of hydrogen-bond donors (Lipinski definition) is 2. The second-order valence-corrected chi connectivity index (χ2v) is 8.32. The van der Waals surface area contributed by atoms with E-state index in [9.17, 15) is 8.42 Å². The van der Waals surface area contributed by atoms with Crippen LogP contribution in [0.3, 0.4) is 0 Å². The second-order valence-electron chi connectivity index (χ2n) is 6.12. The summed E-state index contributed by atoms with van der Waals surface area (Å²) < 4.78 is 33.0. The van der Waals surface area contributed by atoms with Crippen LogP contribution in [-0.4, -0.2) is 47.1 Å². The molecule has 2 aromatic rings. The summed E-state index contributed by atoms with van der Waals surface area (Å²) in [5.74, 6) is 0.711. The van der Waals surface area contributed by atoms with Crippen molar-refractivity contribution in [3.63, 3.8) is 0 Å². The molecule has 6 nitrogen and oxygen atoms in total. The lowest BCUT2D eigenvalue weighted by Gasteiger charge is -2.15. The van der Waals surface area contributed by atoms with E-state index in [2.05, 4.69) is 4.72 Å². The van der Waals surface area contributed by atoms with Crippen molar-refractivity contribution in [3.05, 3.63) is 53.1 Å². The lowest BCUT2D eigenvalue weighted by Crippen LogP contribution is -2.26. The second kappa shape index (κ2) is 9.23. The Labute approximate surface area is 160 Å². The number of hydrogen-bond acceptors (Lipinski definition) is 5. The van der Waals surface area contributed by atoms with Crippen LogP contribution in [0.1, 0.15) is 5.56 Å². The molecular formula is C18H24ClN3O3S. The minimum atomic E-state index is -3.58. The van der Waals surface area contributed by atoms with Crippen LogP contribution >= 0.6 is 11.6 Å². The molecule has 0 aliphatic rings. The summed E-state index contributed by atoms with van der Waals surface area (Å²) in [6.45, 7) is 1.56. The van der Waals surface area contributed by atoms with Crippen molar-refractivity contribution in [2.45, 2.75) is 11.3 Å². The van der Waals surface area contributed by atoms with Gasteiger partial charge in [-0.15, -0.1) is 0 Å². The van der Waals surface area contributed by atoms with Gasteiger partial charge in [-0.3, -0.25) is 0 Å². The number of sulfonamides is 1. The summed E-state index contributed by atoms with van der Waals surface area (Å²) in [6.07, 6.45) is 0.464. The van der Waals surface area contributed by atoms with Crippen molar-refractivity contribution in [1.29, 1.82) is 0 Å². The molecule has 142 valence electrons. The summed E-state index contributed by atoms with van der Waals surface area (Å²) >= 11 is 6.07. The highest BCUT2D eigenvalue weighted by Gasteiger charge is 2.14. The Morgan fingerprint density at radius 3 is 2.50 bits per heavy atom. The third-order valence-corrected chi connectivity index (χ3v) is 5.41. The molecule has 0 bridgehead atoms. The van der Waals surface area contributed by atoms with Crippen molar-refractivity contribution < 1.29 is 13.2 Å². The molecule has 0 aliphatic heterocycles. The van der Waals surface area contributed by atoms with E-state index in [0.29, 0.717) is 29.5 Å². The van der Waals surface area contributed by atoms with Crippen LogP contribution in [-0.2, 0) is 16.4 Å². The van der Waals surface area contributed by atoms with Crippen molar-refractivity contribution in [1.82, 2.24) is 9.62 Å². The van der Waals surface area contributed by atoms with E-state index in [1.165, 1.54) is 12.1 Å². The molecule has 0 saturated heterocycles. The van der Waals surface area contributed by atoms with Crippen LogP contribution in [0, 0.1) is 0 Å². The van der Waals surface area contributed by atoms with Crippen molar-refractivity contribution in [2.75, 3.05) is 39.5 Å². The Hall–Kier alpha value is -1.80. The fourth-order valence-corrected chi connectivity index (χ4v) is 3.50. The number of nitrogens with one attached hydrogen (secondary N) is 1. The number of nitrogens with two attached hydrogens (primary N) is 1. The highest BCUT2D eigenvalue weighted by molar-refractivity contribution is 7.89. The third-order valence-electron chi connectivity index (χ3n) is 3.70. The van der Waals surface area contributed by atoms with Gasteiger partial charge in [0.05, 0.1) is 4.90 Å². The van der Waals surface area contributed by atoms with Crippen LogP contribution in [0.2, 0.25) is 5.02 Å². The molecule has 8 heteroatoms. The molecule has 3 N–H and O–H groups in total. The van der Waals surface area contributed by atoms with E-state index in [1.54, 1.807) is 24.3 Å². The van der Waals surface area contributed by atoms with Gasteiger partial charge in [0.15, 0.2) is 0 Å². The standard InChI is InChI=1S/C18H24ClN3O3S/c1-22(2)11-12-25-18-8-3-15(19)13-14(18)9-10-21-26(23,24)17-6-4-16(20)5-7-17/h3-8,13,21H,9-12,20H2,1-2H3. The minimum absolute atomic E-state index is 0.181.